The second kappa shape index (κ2) is 8.58. The summed E-state index contributed by atoms with van der Waals surface area (Å²) in [7, 11) is 1.85. The Hall–Kier alpha value is -1.01. The number of piperidine rings is 1. The van der Waals surface area contributed by atoms with Crippen LogP contribution in [-0.4, -0.2) is 49.4 Å². The van der Waals surface area contributed by atoms with E-state index in [9.17, 15) is 9.59 Å². The number of rotatable bonds is 3. The molecule has 2 aliphatic rings. The van der Waals surface area contributed by atoms with Gasteiger partial charge in [-0.15, -0.1) is 12.4 Å². The third-order valence-electron chi connectivity index (χ3n) is 4.84. The lowest BCUT2D eigenvalue weighted by molar-refractivity contribution is -0.137. The van der Waals surface area contributed by atoms with E-state index in [2.05, 4.69) is 5.32 Å². The van der Waals surface area contributed by atoms with Crippen LogP contribution in [0, 0.1) is 5.92 Å². The van der Waals surface area contributed by atoms with Crippen LogP contribution < -0.4 is 10.2 Å². The lowest BCUT2D eigenvalue weighted by atomic mass is 10.0. The summed E-state index contributed by atoms with van der Waals surface area (Å²) in [6.45, 7) is 2.24. The van der Waals surface area contributed by atoms with Crippen LogP contribution in [0.1, 0.15) is 19.3 Å². The summed E-state index contributed by atoms with van der Waals surface area (Å²) in [6, 6.07) is 5.29. The summed E-state index contributed by atoms with van der Waals surface area (Å²) in [5.41, 5.74) is 0.650. The first-order valence-electron chi connectivity index (χ1n) is 8.19. The number of hydrogen-bond donors (Lipinski definition) is 1. The molecule has 0 radical (unpaired) electrons. The number of halogens is 3. The summed E-state index contributed by atoms with van der Waals surface area (Å²) >= 11 is 12.0. The van der Waals surface area contributed by atoms with Gasteiger partial charge in [0.2, 0.25) is 11.8 Å². The summed E-state index contributed by atoms with van der Waals surface area (Å²) in [5.74, 6) is -0.327. The van der Waals surface area contributed by atoms with Gasteiger partial charge in [0.25, 0.3) is 0 Å². The van der Waals surface area contributed by atoms with Crippen LogP contribution in [0.4, 0.5) is 5.69 Å². The van der Waals surface area contributed by atoms with Crippen LogP contribution in [0.3, 0.4) is 0 Å². The van der Waals surface area contributed by atoms with Gasteiger partial charge >= 0.3 is 0 Å². The lowest BCUT2D eigenvalue weighted by Gasteiger charge is -2.33. The predicted molar refractivity (Wildman–Crippen MR) is 103 cm³/mol. The van der Waals surface area contributed by atoms with Crippen molar-refractivity contribution >= 4 is 53.1 Å². The predicted octanol–water partition coefficient (Wildman–Crippen LogP) is 2.98. The molecule has 1 aromatic rings. The summed E-state index contributed by atoms with van der Waals surface area (Å²) in [4.78, 5) is 28.6. The molecule has 0 bridgehead atoms. The Morgan fingerprint density at radius 1 is 1.20 bits per heavy atom. The first kappa shape index (κ1) is 20.3. The molecule has 2 fully saturated rings. The normalized spacial score (nSPS) is 21.2. The maximum atomic E-state index is 12.8. The van der Waals surface area contributed by atoms with Crippen LogP contribution in [0.5, 0.6) is 0 Å². The number of nitrogens with zero attached hydrogens (tertiary/aromatic N) is 2. The molecule has 0 aromatic heterocycles. The SMILES string of the molecule is CN(C(=O)C1CC(=O)N(c2cc(Cl)cc(Cl)c2)C1)C1CCNCC1.Cl. The molecule has 8 heteroatoms. The van der Waals surface area contributed by atoms with Crippen molar-refractivity contribution in [3.8, 4) is 0 Å². The van der Waals surface area contributed by atoms with Crippen molar-refractivity contribution in [2.45, 2.75) is 25.3 Å². The first-order valence-corrected chi connectivity index (χ1v) is 8.95. The monoisotopic (exact) mass is 405 g/mol. The van der Waals surface area contributed by atoms with E-state index in [0.29, 0.717) is 22.3 Å². The van der Waals surface area contributed by atoms with Gasteiger partial charge in [-0.25, -0.2) is 0 Å². The maximum absolute atomic E-state index is 12.8. The molecule has 138 valence electrons. The van der Waals surface area contributed by atoms with E-state index in [4.69, 9.17) is 23.2 Å². The Kier molecular flexibility index (Phi) is 6.97. The van der Waals surface area contributed by atoms with Crippen molar-refractivity contribution in [3.63, 3.8) is 0 Å². The standard InChI is InChI=1S/C17H21Cl2N3O2.ClH/c1-21(14-2-4-20-5-3-14)17(24)11-6-16(23)22(10-11)15-8-12(18)7-13(19)9-15;/h7-9,11,14,20H,2-6,10H2,1H3;1H. The van der Waals surface area contributed by atoms with E-state index in [1.54, 1.807) is 23.1 Å². The van der Waals surface area contributed by atoms with E-state index >= 15 is 0 Å². The minimum absolute atomic E-state index is 0. The molecule has 3 rings (SSSR count). The Morgan fingerprint density at radius 3 is 2.40 bits per heavy atom. The number of amides is 2. The second-order valence-electron chi connectivity index (χ2n) is 6.46. The van der Waals surface area contributed by atoms with Crippen molar-refractivity contribution in [1.29, 1.82) is 0 Å². The molecule has 25 heavy (non-hydrogen) atoms. The minimum atomic E-state index is -0.310. The molecule has 2 amide bonds. The fourth-order valence-electron chi connectivity index (χ4n) is 3.48. The van der Waals surface area contributed by atoms with Crippen LogP contribution in [0.2, 0.25) is 10.0 Å². The fourth-order valence-corrected chi connectivity index (χ4v) is 3.99. The van der Waals surface area contributed by atoms with Crippen LogP contribution in [0.15, 0.2) is 18.2 Å². The molecule has 1 aromatic carbocycles. The summed E-state index contributed by atoms with van der Waals surface area (Å²) in [6.07, 6.45) is 2.14. The molecule has 0 aliphatic carbocycles. The molecule has 1 atom stereocenters. The minimum Gasteiger partial charge on any atom is -0.342 e. The highest BCUT2D eigenvalue weighted by molar-refractivity contribution is 6.35. The average molecular weight is 407 g/mol. The van der Waals surface area contributed by atoms with E-state index in [-0.39, 0.29) is 42.6 Å². The lowest BCUT2D eigenvalue weighted by Crippen LogP contribution is -2.46. The highest BCUT2D eigenvalue weighted by Crippen LogP contribution is 2.31. The van der Waals surface area contributed by atoms with Gasteiger partial charge in [-0.1, -0.05) is 23.2 Å². The second-order valence-corrected chi connectivity index (χ2v) is 7.34. The van der Waals surface area contributed by atoms with Crippen molar-refractivity contribution < 1.29 is 9.59 Å². The first-order chi connectivity index (χ1) is 11.5. The van der Waals surface area contributed by atoms with Crippen LogP contribution in [0.25, 0.3) is 0 Å². The maximum Gasteiger partial charge on any atom is 0.228 e. The number of hydrogen-bond acceptors (Lipinski definition) is 3. The molecule has 5 nitrogen and oxygen atoms in total. The van der Waals surface area contributed by atoms with E-state index < -0.39 is 0 Å². The van der Waals surface area contributed by atoms with Crippen molar-refractivity contribution in [2.24, 2.45) is 5.92 Å². The average Bonchev–Trinajstić information content (AvgIpc) is 2.95. The van der Waals surface area contributed by atoms with Gasteiger partial charge in [0.05, 0.1) is 5.92 Å². The summed E-state index contributed by atoms with van der Waals surface area (Å²) in [5, 5.41) is 4.26. The Bertz CT molecular complexity index is 630. The van der Waals surface area contributed by atoms with Crippen LogP contribution >= 0.6 is 35.6 Å². The van der Waals surface area contributed by atoms with Crippen molar-refractivity contribution in [3.05, 3.63) is 28.2 Å². The van der Waals surface area contributed by atoms with Crippen molar-refractivity contribution in [1.82, 2.24) is 10.2 Å². The van der Waals surface area contributed by atoms with E-state index in [1.165, 1.54) is 0 Å². The number of benzene rings is 1. The van der Waals surface area contributed by atoms with Crippen LogP contribution in [-0.2, 0) is 9.59 Å². The van der Waals surface area contributed by atoms with Gasteiger partial charge < -0.3 is 15.1 Å². The molecular formula is C17H22Cl3N3O2. The molecule has 0 spiro atoms. The zero-order valence-electron chi connectivity index (χ0n) is 14.0. The molecular weight excluding hydrogens is 385 g/mol. The van der Waals surface area contributed by atoms with E-state index in [1.807, 2.05) is 11.9 Å². The topological polar surface area (TPSA) is 52.7 Å². The third-order valence-corrected chi connectivity index (χ3v) is 5.27. The number of nitrogens with one attached hydrogen (secondary N) is 1. The number of carbonyl (C=O) groups is 2. The van der Waals surface area contributed by atoms with Gasteiger partial charge in [-0.05, 0) is 44.1 Å². The number of anilines is 1. The van der Waals surface area contributed by atoms with Gasteiger partial charge in [0.15, 0.2) is 0 Å². The third kappa shape index (κ3) is 4.59. The smallest absolute Gasteiger partial charge is 0.228 e. The quantitative estimate of drug-likeness (QED) is 0.839. The highest BCUT2D eigenvalue weighted by Gasteiger charge is 2.38. The highest BCUT2D eigenvalue weighted by atomic mass is 35.5. The largest absolute Gasteiger partial charge is 0.342 e. The van der Waals surface area contributed by atoms with Crippen molar-refractivity contribution in [2.75, 3.05) is 31.6 Å². The molecule has 0 saturated carbocycles. The van der Waals surface area contributed by atoms with Gasteiger partial charge in [0.1, 0.15) is 0 Å². The van der Waals surface area contributed by atoms with Gasteiger partial charge in [0, 0.05) is 41.8 Å². The zero-order valence-corrected chi connectivity index (χ0v) is 16.3. The van der Waals surface area contributed by atoms with Gasteiger partial charge in [-0.2, -0.15) is 0 Å². The molecule has 2 saturated heterocycles. The Morgan fingerprint density at radius 2 is 1.80 bits per heavy atom. The fraction of sp³-hybridized carbons (Fsp3) is 0.529. The number of carbonyl (C=O) groups excluding carboxylic acids is 2. The Balaban J connectivity index is 0.00000225. The van der Waals surface area contributed by atoms with Gasteiger partial charge in [-0.3, -0.25) is 9.59 Å². The summed E-state index contributed by atoms with van der Waals surface area (Å²) < 4.78 is 0. The molecule has 2 aliphatic heterocycles. The Labute approximate surface area is 164 Å². The zero-order chi connectivity index (χ0) is 17.3. The molecule has 1 unspecified atom stereocenters. The molecule has 2 heterocycles. The molecule has 1 N–H and O–H groups in total. The van der Waals surface area contributed by atoms with E-state index in [0.717, 1.165) is 25.9 Å².